The van der Waals surface area contributed by atoms with Crippen LogP contribution in [0, 0.1) is 0 Å². The molecule has 0 atom stereocenters. The topological polar surface area (TPSA) is 41.1 Å². The molecule has 0 aliphatic rings. The van der Waals surface area contributed by atoms with Gasteiger partial charge in [0.15, 0.2) is 0 Å². The number of anilines is 2. The van der Waals surface area contributed by atoms with E-state index in [-0.39, 0.29) is 0 Å². The zero-order chi connectivity index (χ0) is 14.2. The van der Waals surface area contributed by atoms with E-state index < -0.39 is 0 Å². The predicted octanol–water partition coefficient (Wildman–Crippen LogP) is 3.33. The van der Waals surface area contributed by atoms with Gasteiger partial charge in [0.2, 0.25) is 5.95 Å². The number of unbranched alkanes of at least 4 members (excludes halogenated alkanes) is 1. The molecule has 0 aliphatic heterocycles. The summed E-state index contributed by atoms with van der Waals surface area (Å²) in [6.07, 6.45) is 4.13. The van der Waals surface area contributed by atoms with Gasteiger partial charge in [0.1, 0.15) is 5.82 Å². The molecule has 2 rings (SSSR count). The third kappa shape index (κ3) is 4.23. The Morgan fingerprint density at radius 2 is 1.95 bits per heavy atom. The van der Waals surface area contributed by atoms with Crippen LogP contribution in [0.15, 0.2) is 42.6 Å². The van der Waals surface area contributed by atoms with Crippen molar-refractivity contribution in [2.75, 3.05) is 23.8 Å². The molecular formula is C16H22N4. The van der Waals surface area contributed by atoms with Gasteiger partial charge in [-0.25, -0.2) is 4.98 Å². The Bertz CT molecular complexity index is 513. The van der Waals surface area contributed by atoms with Gasteiger partial charge in [0, 0.05) is 26.3 Å². The summed E-state index contributed by atoms with van der Waals surface area (Å²) in [5.41, 5.74) is 1.24. The third-order valence-corrected chi connectivity index (χ3v) is 3.15. The third-order valence-electron chi connectivity index (χ3n) is 3.15. The van der Waals surface area contributed by atoms with Crippen LogP contribution in [0.25, 0.3) is 0 Å². The summed E-state index contributed by atoms with van der Waals surface area (Å²) >= 11 is 0. The number of hydrogen-bond acceptors (Lipinski definition) is 4. The van der Waals surface area contributed by atoms with Gasteiger partial charge in [-0.2, -0.15) is 4.98 Å². The highest BCUT2D eigenvalue weighted by molar-refractivity contribution is 5.41. The van der Waals surface area contributed by atoms with Crippen LogP contribution in [0.5, 0.6) is 0 Å². The fraction of sp³-hybridized carbons (Fsp3) is 0.375. The summed E-state index contributed by atoms with van der Waals surface area (Å²) < 4.78 is 0. The van der Waals surface area contributed by atoms with Crippen LogP contribution in [0.2, 0.25) is 0 Å². The van der Waals surface area contributed by atoms with Crippen molar-refractivity contribution in [3.63, 3.8) is 0 Å². The van der Waals surface area contributed by atoms with Gasteiger partial charge in [-0.1, -0.05) is 43.7 Å². The molecule has 1 heterocycles. The lowest BCUT2D eigenvalue weighted by Crippen LogP contribution is -2.21. The molecule has 1 N–H and O–H groups in total. The summed E-state index contributed by atoms with van der Waals surface area (Å²) in [5.74, 6) is 1.64. The Hall–Kier alpha value is -2.10. The number of benzene rings is 1. The molecule has 1 aromatic heterocycles. The molecule has 0 aliphatic carbocycles. The minimum absolute atomic E-state index is 0.774. The zero-order valence-electron chi connectivity index (χ0n) is 12.2. The number of nitrogens with zero attached hydrogens (tertiary/aromatic N) is 3. The second kappa shape index (κ2) is 7.48. The van der Waals surface area contributed by atoms with Crippen LogP contribution < -0.4 is 10.2 Å². The fourth-order valence-corrected chi connectivity index (χ4v) is 1.91. The average Bonchev–Trinajstić information content (AvgIpc) is 2.52. The summed E-state index contributed by atoms with van der Waals surface area (Å²) in [5, 5.41) is 3.33. The lowest BCUT2D eigenvalue weighted by atomic mass is 10.2. The molecule has 2 aromatic rings. The fourth-order valence-electron chi connectivity index (χ4n) is 1.91. The second-order valence-corrected chi connectivity index (χ2v) is 4.86. The number of hydrogen-bond donors (Lipinski definition) is 1. The molecule has 20 heavy (non-hydrogen) atoms. The summed E-state index contributed by atoms with van der Waals surface area (Å²) in [6, 6.07) is 12.2. The van der Waals surface area contributed by atoms with E-state index in [0.717, 1.165) is 31.3 Å². The van der Waals surface area contributed by atoms with E-state index in [9.17, 15) is 0 Å². The largest absolute Gasteiger partial charge is 0.366 e. The SMILES string of the molecule is CCCCN(C)c1nccc(NCc2ccccc2)n1. The molecule has 4 heteroatoms. The molecule has 0 unspecified atom stereocenters. The molecule has 0 spiro atoms. The first kappa shape index (κ1) is 14.3. The number of aromatic nitrogens is 2. The monoisotopic (exact) mass is 270 g/mol. The van der Waals surface area contributed by atoms with Crippen LogP contribution in [-0.2, 0) is 6.54 Å². The minimum atomic E-state index is 0.774. The number of rotatable bonds is 7. The van der Waals surface area contributed by atoms with Crippen molar-refractivity contribution < 1.29 is 0 Å². The minimum Gasteiger partial charge on any atom is -0.366 e. The van der Waals surface area contributed by atoms with Crippen LogP contribution >= 0.6 is 0 Å². The second-order valence-electron chi connectivity index (χ2n) is 4.86. The van der Waals surface area contributed by atoms with Crippen molar-refractivity contribution in [1.29, 1.82) is 0 Å². The van der Waals surface area contributed by atoms with E-state index in [2.05, 4.69) is 39.2 Å². The van der Waals surface area contributed by atoms with E-state index in [0.29, 0.717) is 0 Å². The molecule has 0 bridgehead atoms. The first-order valence-corrected chi connectivity index (χ1v) is 7.11. The smallest absolute Gasteiger partial charge is 0.226 e. The van der Waals surface area contributed by atoms with E-state index in [1.165, 1.54) is 12.0 Å². The zero-order valence-corrected chi connectivity index (χ0v) is 12.2. The van der Waals surface area contributed by atoms with Crippen molar-refractivity contribution in [3.8, 4) is 0 Å². The van der Waals surface area contributed by atoms with E-state index in [1.807, 2.05) is 31.3 Å². The predicted molar refractivity (Wildman–Crippen MR) is 84.0 cm³/mol. The van der Waals surface area contributed by atoms with E-state index in [4.69, 9.17) is 0 Å². The van der Waals surface area contributed by atoms with Crippen molar-refractivity contribution in [3.05, 3.63) is 48.2 Å². The van der Waals surface area contributed by atoms with Crippen LogP contribution in [-0.4, -0.2) is 23.6 Å². The molecule has 0 amide bonds. The lowest BCUT2D eigenvalue weighted by molar-refractivity contribution is 0.750. The average molecular weight is 270 g/mol. The Kier molecular flexibility index (Phi) is 5.35. The van der Waals surface area contributed by atoms with Gasteiger partial charge < -0.3 is 10.2 Å². The Morgan fingerprint density at radius 3 is 2.70 bits per heavy atom. The van der Waals surface area contributed by atoms with Crippen molar-refractivity contribution >= 4 is 11.8 Å². The maximum Gasteiger partial charge on any atom is 0.226 e. The highest BCUT2D eigenvalue weighted by Gasteiger charge is 2.04. The summed E-state index contributed by atoms with van der Waals surface area (Å²) in [6.45, 7) is 3.95. The molecule has 0 radical (unpaired) electrons. The summed E-state index contributed by atoms with van der Waals surface area (Å²) in [7, 11) is 2.03. The van der Waals surface area contributed by atoms with Crippen molar-refractivity contribution in [1.82, 2.24) is 9.97 Å². The molecule has 0 saturated heterocycles. The van der Waals surface area contributed by atoms with Crippen LogP contribution in [0.3, 0.4) is 0 Å². The van der Waals surface area contributed by atoms with Gasteiger partial charge in [-0.15, -0.1) is 0 Å². The summed E-state index contributed by atoms with van der Waals surface area (Å²) in [4.78, 5) is 11.0. The normalized spacial score (nSPS) is 10.3. The quantitative estimate of drug-likeness (QED) is 0.838. The molecule has 4 nitrogen and oxygen atoms in total. The van der Waals surface area contributed by atoms with Crippen molar-refractivity contribution in [2.24, 2.45) is 0 Å². The Balaban J connectivity index is 1.95. The maximum atomic E-state index is 4.54. The van der Waals surface area contributed by atoms with Crippen LogP contribution in [0.1, 0.15) is 25.3 Å². The van der Waals surface area contributed by atoms with Gasteiger partial charge in [-0.3, -0.25) is 0 Å². The van der Waals surface area contributed by atoms with Gasteiger partial charge in [0.25, 0.3) is 0 Å². The maximum absolute atomic E-state index is 4.54. The molecule has 106 valence electrons. The highest BCUT2D eigenvalue weighted by atomic mass is 15.2. The molecule has 1 aromatic carbocycles. The molecular weight excluding hydrogens is 248 g/mol. The Labute approximate surface area is 120 Å². The van der Waals surface area contributed by atoms with Crippen molar-refractivity contribution in [2.45, 2.75) is 26.3 Å². The number of nitrogens with one attached hydrogen (secondary N) is 1. The first-order chi connectivity index (χ1) is 9.79. The van der Waals surface area contributed by atoms with Gasteiger partial charge in [0.05, 0.1) is 0 Å². The molecule has 0 fully saturated rings. The highest BCUT2D eigenvalue weighted by Crippen LogP contribution is 2.11. The Morgan fingerprint density at radius 1 is 1.15 bits per heavy atom. The van der Waals surface area contributed by atoms with Crippen LogP contribution in [0.4, 0.5) is 11.8 Å². The first-order valence-electron chi connectivity index (χ1n) is 7.11. The molecule has 0 saturated carbocycles. The van der Waals surface area contributed by atoms with E-state index >= 15 is 0 Å². The lowest BCUT2D eigenvalue weighted by Gasteiger charge is -2.17. The standard InChI is InChI=1S/C16H22N4/c1-3-4-12-20(2)16-17-11-10-15(19-16)18-13-14-8-6-5-7-9-14/h5-11H,3-4,12-13H2,1-2H3,(H,17,18,19). The van der Waals surface area contributed by atoms with Gasteiger partial charge >= 0.3 is 0 Å². The van der Waals surface area contributed by atoms with E-state index in [1.54, 1.807) is 6.20 Å². The van der Waals surface area contributed by atoms with Gasteiger partial charge in [-0.05, 0) is 18.1 Å².